The van der Waals surface area contributed by atoms with E-state index in [-0.39, 0.29) is 6.61 Å². The van der Waals surface area contributed by atoms with Crippen molar-refractivity contribution in [2.24, 2.45) is 5.73 Å². The number of rotatable bonds is 2. The summed E-state index contributed by atoms with van der Waals surface area (Å²) in [6, 6.07) is 1.76. The minimum atomic E-state index is -0.775. The number of aliphatic hydroxyl groups excluding tert-OH is 1. The van der Waals surface area contributed by atoms with E-state index in [1.807, 2.05) is 0 Å². The molecule has 0 fully saturated rings. The van der Waals surface area contributed by atoms with E-state index < -0.39 is 5.54 Å². The first-order valence-electron chi connectivity index (χ1n) is 3.78. The van der Waals surface area contributed by atoms with Gasteiger partial charge >= 0.3 is 0 Å². The average Bonchev–Trinajstić information content (AvgIpc) is 2.09. The maximum absolute atomic E-state index is 9.01. The van der Waals surface area contributed by atoms with Gasteiger partial charge in [-0.15, -0.1) is 0 Å². The fourth-order valence-electron chi connectivity index (χ4n) is 0.852. The largest absolute Gasteiger partial charge is 0.394 e. The van der Waals surface area contributed by atoms with Crippen molar-refractivity contribution in [2.45, 2.75) is 12.5 Å². The van der Waals surface area contributed by atoms with E-state index in [4.69, 9.17) is 16.6 Å². The Kier molecular flexibility index (Phi) is 2.90. The van der Waals surface area contributed by atoms with Crippen LogP contribution in [-0.4, -0.2) is 16.7 Å². The summed E-state index contributed by atoms with van der Waals surface area (Å²) in [5, 5.41) is 9.01. The van der Waals surface area contributed by atoms with Gasteiger partial charge in [0.05, 0.1) is 16.6 Å². The third-order valence-electron chi connectivity index (χ3n) is 1.86. The van der Waals surface area contributed by atoms with E-state index in [1.165, 1.54) is 0 Å². The Labute approximate surface area is 85.1 Å². The smallest absolute Gasteiger partial charge is 0.137 e. The minimum absolute atomic E-state index is 0.134. The lowest BCUT2D eigenvalue weighted by Gasteiger charge is -2.22. The van der Waals surface area contributed by atoms with Gasteiger partial charge < -0.3 is 16.6 Å². The van der Waals surface area contributed by atoms with Crippen molar-refractivity contribution in [1.29, 1.82) is 0 Å². The number of nitrogen functional groups attached to an aromatic ring is 1. The summed E-state index contributed by atoms with van der Waals surface area (Å²) in [5.74, 6) is 0.414. The highest BCUT2D eigenvalue weighted by Crippen LogP contribution is 2.23. The molecule has 0 bridgehead atoms. The number of pyridine rings is 1. The maximum Gasteiger partial charge on any atom is 0.137 e. The number of aromatic nitrogens is 1. The second-order valence-corrected chi connectivity index (χ2v) is 4.02. The fourth-order valence-corrected chi connectivity index (χ4v) is 1.20. The normalized spacial score (nSPS) is 15.4. The summed E-state index contributed by atoms with van der Waals surface area (Å²) < 4.78 is 0.690. The molecule has 5 heteroatoms. The molecule has 72 valence electrons. The molecule has 0 saturated heterocycles. The Hall–Kier alpha value is -0.650. The standard InChI is InChI=1S/C8H12BrN3O/c1-8(11,4-13)5-2-6(9)7(10)12-3-5/h2-3,13H,4,11H2,1H3,(H2,10,12). The molecule has 1 heterocycles. The molecular weight excluding hydrogens is 234 g/mol. The lowest BCUT2D eigenvalue weighted by Crippen LogP contribution is -2.37. The van der Waals surface area contributed by atoms with Gasteiger partial charge in [0.25, 0.3) is 0 Å². The first kappa shape index (κ1) is 10.4. The van der Waals surface area contributed by atoms with Crippen molar-refractivity contribution in [3.05, 3.63) is 22.3 Å². The summed E-state index contributed by atoms with van der Waals surface area (Å²) in [6.07, 6.45) is 1.57. The number of anilines is 1. The van der Waals surface area contributed by atoms with Crippen LogP contribution in [0.15, 0.2) is 16.7 Å². The molecule has 1 atom stereocenters. The van der Waals surface area contributed by atoms with Crippen LogP contribution in [0, 0.1) is 0 Å². The number of nitrogens with two attached hydrogens (primary N) is 2. The van der Waals surface area contributed by atoms with Crippen LogP contribution in [0.3, 0.4) is 0 Å². The van der Waals surface area contributed by atoms with Crippen molar-refractivity contribution in [1.82, 2.24) is 4.98 Å². The average molecular weight is 246 g/mol. The number of hydrogen-bond donors (Lipinski definition) is 3. The second-order valence-electron chi connectivity index (χ2n) is 3.17. The van der Waals surface area contributed by atoms with E-state index in [2.05, 4.69) is 20.9 Å². The van der Waals surface area contributed by atoms with Crippen molar-refractivity contribution in [3.8, 4) is 0 Å². The highest BCUT2D eigenvalue weighted by molar-refractivity contribution is 9.10. The Bertz CT molecular complexity index is 314. The third-order valence-corrected chi connectivity index (χ3v) is 2.49. The lowest BCUT2D eigenvalue weighted by molar-refractivity contribution is 0.210. The summed E-state index contributed by atoms with van der Waals surface area (Å²) >= 11 is 3.24. The van der Waals surface area contributed by atoms with E-state index >= 15 is 0 Å². The van der Waals surface area contributed by atoms with Gasteiger partial charge in [-0.2, -0.15) is 0 Å². The predicted molar refractivity (Wildman–Crippen MR) is 55.0 cm³/mol. The second kappa shape index (κ2) is 3.61. The number of hydrogen-bond acceptors (Lipinski definition) is 4. The van der Waals surface area contributed by atoms with Crippen LogP contribution in [0.25, 0.3) is 0 Å². The first-order valence-corrected chi connectivity index (χ1v) is 4.58. The van der Waals surface area contributed by atoms with Crippen LogP contribution in [0.5, 0.6) is 0 Å². The molecule has 0 amide bonds. The van der Waals surface area contributed by atoms with Crippen molar-refractivity contribution < 1.29 is 5.11 Å². The quantitative estimate of drug-likeness (QED) is 0.713. The first-order chi connectivity index (χ1) is 5.97. The van der Waals surface area contributed by atoms with Crippen LogP contribution in [0.2, 0.25) is 0 Å². The van der Waals surface area contributed by atoms with E-state index in [0.29, 0.717) is 10.3 Å². The molecule has 13 heavy (non-hydrogen) atoms. The van der Waals surface area contributed by atoms with Gasteiger partial charge in [0.2, 0.25) is 0 Å². The highest BCUT2D eigenvalue weighted by atomic mass is 79.9. The molecule has 0 saturated carbocycles. The zero-order valence-corrected chi connectivity index (χ0v) is 8.87. The van der Waals surface area contributed by atoms with Gasteiger partial charge in [0.15, 0.2) is 0 Å². The molecule has 0 aliphatic carbocycles. The zero-order chi connectivity index (χ0) is 10.1. The molecule has 1 unspecified atom stereocenters. The number of nitrogens with zero attached hydrogens (tertiary/aromatic N) is 1. The summed E-state index contributed by atoms with van der Waals surface area (Å²) in [5.41, 5.74) is 11.3. The molecule has 0 aliphatic heterocycles. The maximum atomic E-state index is 9.01. The van der Waals surface area contributed by atoms with Gasteiger partial charge in [0.1, 0.15) is 5.82 Å². The van der Waals surface area contributed by atoms with Gasteiger partial charge in [-0.25, -0.2) is 4.98 Å². The van der Waals surface area contributed by atoms with Gasteiger partial charge in [-0.05, 0) is 34.5 Å². The third kappa shape index (κ3) is 2.18. The molecule has 0 aromatic carbocycles. The molecule has 4 nitrogen and oxygen atoms in total. The van der Waals surface area contributed by atoms with Gasteiger partial charge in [-0.1, -0.05) is 0 Å². The Balaban J connectivity index is 3.10. The van der Waals surface area contributed by atoms with Gasteiger partial charge in [-0.3, -0.25) is 0 Å². The van der Waals surface area contributed by atoms with E-state index in [9.17, 15) is 0 Å². The minimum Gasteiger partial charge on any atom is -0.394 e. The molecule has 0 aliphatic rings. The van der Waals surface area contributed by atoms with Crippen LogP contribution >= 0.6 is 15.9 Å². The van der Waals surface area contributed by atoms with Crippen LogP contribution in [0.1, 0.15) is 12.5 Å². The molecule has 0 radical (unpaired) electrons. The molecule has 1 rings (SSSR count). The highest BCUT2D eigenvalue weighted by Gasteiger charge is 2.20. The molecule has 1 aromatic rings. The topological polar surface area (TPSA) is 85.2 Å². The predicted octanol–water partition coefficient (Wildman–Crippen LogP) is 0.593. The Morgan fingerprint density at radius 1 is 1.69 bits per heavy atom. The monoisotopic (exact) mass is 245 g/mol. The molecular formula is C8H12BrN3O. The van der Waals surface area contributed by atoms with Crippen LogP contribution in [-0.2, 0) is 5.54 Å². The Morgan fingerprint density at radius 3 is 2.77 bits per heavy atom. The Morgan fingerprint density at radius 2 is 2.31 bits per heavy atom. The fraction of sp³-hybridized carbons (Fsp3) is 0.375. The van der Waals surface area contributed by atoms with Crippen LogP contribution in [0.4, 0.5) is 5.82 Å². The van der Waals surface area contributed by atoms with E-state index in [1.54, 1.807) is 19.2 Å². The summed E-state index contributed by atoms with van der Waals surface area (Å²) in [4.78, 5) is 3.93. The van der Waals surface area contributed by atoms with Gasteiger partial charge in [0, 0.05) is 6.20 Å². The lowest BCUT2D eigenvalue weighted by atomic mass is 9.96. The van der Waals surface area contributed by atoms with Crippen LogP contribution < -0.4 is 11.5 Å². The molecule has 1 aromatic heterocycles. The van der Waals surface area contributed by atoms with Crippen molar-refractivity contribution in [2.75, 3.05) is 12.3 Å². The summed E-state index contributed by atoms with van der Waals surface area (Å²) in [7, 11) is 0. The molecule has 5 N–H and O–H groups in total. The zero-order valence-electron chi connectivity index (χ0n) is 7.29. The number of halogens is 1. The van der Waals surface area contributed by atoms with E-state index in [0.717, 1.165) is 5.56 Å². The van der Waals surface area contributed by atoms with Crippen molar-refractivity contribution in [3.63, 3.8) is 0 Å². The molecule has 0 spiro atoms. The summed E-state index contributed by atoms with van der Waals surface area (Å²) in [6.45, 7) is 1.59. The number of aliphatic hydroxyl groups is 1. The SMILES string of the molecule is CC(N)(CO)c1cnc(N)c(Br)c1. The van der Waals surface area contributed by atoms with Crippen molar-refractivity contribution >= 4 is 21.7 Å².